The topological polar surface area (TPSA) is 150 Å². The fraction of sp³-hybridized carbons (Fsp3) is 0.727. The first kappa shape index (κ1) is 13.8. The normalized spacial score (nSPS) is 37.3. The fourth-order valence-electron chi connectivity index (χ4n) is 3.09. The van der Waals surface area contributed by atoms with Gasteiger partial charge in [-0.25, -0.2) is 4.79 Å². The molecule has 106 valence electrons. The van der Waals surface area contributed by atoms with Crippen LogP contribution in [0.5, 0.6) is 0 Å². The molecule has 0 aromatic rings. The molecule has 0 radical (unpaired) electrons. The summed E-state index contributed by atoms with van der Waals surface area (Å²) >= 11 is 0. The van der Waals surface area contributed by atoms with Crippen molar-refractivity contribution in [2.75, 3.05) is 6.61 Å². The zero-order valence-electron chi connectivity index (χ0n) is 10.1. The lowest BCUT2D eigenvalue weighted by Gasteiger charge is -2.27. The van der Waals surface area contributed by atoms with Gasteiger partial charge in [-0.3, -0.25) is 9.59 Å². The van der Waals surface area contributed by atoms with E-state index in [0.29, 0.717) is 12.8 Å². The van der Waals surface area contributed by atoms with E-state index in [0.717, 1.165) is 0 Å². The Morgan fingerprint density at radius 3 is 2.42 bits per heavy atom. The van der Waals surface area contributed by atoms with Crippen LogP contribution in [-0.4, -0.2) is 51.4 Å². The van der Waals surface area contributed by atoms with Crippen molar-refractivity contribution in [3.05, 3.63) is 0 Å². The molecule has 5 atom stereocenters. The van der Waals surface area contributed by atoms with E-state index in [-0.39, 0.29) is 5.92 Å². The fourth-order valence-corrected chi connectivity index (χ4v) is 3.09. The average molecular weight is 272 g/mol. The lowest BCUT2D eigenvalue weighted by molar-refractivity contribution is -0.144. The number of aliphatic hydroxyl groups excluding tert-OH is 1. The number of carboxylic acids is 2. The molecule has 0 spiro atoms. The molecular weight excluding hydrogens is 256 g/mol. The second kappa shape index (κ2) is 4.46. The van der Waals surface area contributed by atoms with Crippen LogP contribution in [0, 0.1) is 17.8 Å². The first-order valence-corrected chi connectivity index (χ1v) is 5.99. The second-order valence-electron chi connectivity index (χ2n) is 5.18. The van der Waals surface area contributed by atoms with E-state index in [1.165, 1.54) is 0 Å². The predicted molar refractivity (Wildman–Crippen MR) is 60.9 cm³/mol. The molecule has 0 saturated heterocycles. The number of rotatable bonds is 5. The summed E-state index contributed by atoms with van der Waals surface area (Å²) < 4.78 is 0. The lowest BCUT2D eigenvalue weighted by Crippen LogP contribution is -2.59. The van der Waals surface area contributed by atoms with Gasteiger partial charge in [0.2, 0.25) is 5.91 Å². The van der Waals surface area contributed by atoms with E-state index in [9.17, 15) is 14.4 Å². The van der Waals surface area contributed by atoms with Crippen molar-refractivity contribution >= 4 is 17.8 Å². The summed E-state index contributed by atoms with van der Waals surface area (Å²) in [5.74, 6) is -4.22. The van der Waals surface area contributed by atoms with Crippen molar-refractivity contribution in [3.8, 4) is 0 Å². The van der Waals surface area contributed by atoms with Gasteiger partial charge >= 0.3 is 11.9 Å². The second-order valence-corrected chi connectivity index (χ2v) is 5.18. The summed E-state index contributed by atoms with van der Waals surface area (Å²) in [4.78, 5) is 33.7. The van der Waals surface area contributed by atoms with Gasteiger partial charge in [-0.2, -0.15) is 0 Å². The molecule has 0 aromatic heterocycles. The Bertz CT molecular complexity index is 439. The van der Waals surface area contributed by atoms with E-state index < -0.39 is 47.9 Å². The van der Waals surface area contributed by atoms with Gasteiger partial charge in [0.1, 0.15) is 6.04 Å². The summed E-state index contributed by atoms with van der Waals surface area (Å²) in [7, 11) is 0. The smallest absolute Gasteiger partial charge is 0.328 e. The van der Waals surface area contributed by atoms with E-state index >= 15 is 0 Å². The minimum atomic E-state index is -1.42. The number of aliphatic carboxylic acids is 2. The van der Waals surface area contributed by atoms with Crippen LogP contribution in [0.15, 0.2) is 0 Å². The highest BCUT2D eigenvalue weighted by Crippen LogP contribution is 2.61. The number of fused-ring (bicyclic) bond motifs is 1. The molecule has 0 aromatic carbocycles. The molecular formula is C11H16N2O6. The van der Waals surface area contributed by atoms with Gasteiger partial charge in [0, 0.05) is 5.92 Å². The maximum atomic E-state index is 12.0. The summed E-state index contributed by atoms with van der Waals surface area (Å²) in [6.45, 7) is -0.742. The number of nitrogens with one attached hydrogen (secondary N) is 1. The summed E-state index contributed by atoms with van der Waals surface area (Å²) in [6.07, 6.45) is 0.873. The van der Waals surface area contributed by atoms with Gasteiger partial charge in [0.05, 0.1) is 18.1 Å². The van der Waals surface area contributed by atoms with Crippen LogP contribution in [0.25, 0.3) is 0 Å². The Morgan fingerprint density at radius 1 is 1.37 bits per heavy atom. The van der Waals surface area contributed by atoms with Gasteiger partial charge in [0.15, 0.2) is 0 Å². The Morgan fingerprint density at radius 2 is 2.00 bits per heavy atom. The first-order valence-electron chi connectivity index (χ1n) is 5.99. The number of aliphatic hydroxyl groups is 1. The van der Waals surface area contributed by atoms with Gasteiger partial charge < -0.3 is 26.4 Å². The molecule has 2 rings (SSSR count). The SMILES string of the molecule is N[C@@]1(C(=O)NC(CO)C(=O)O)CC[C@H]2[C@H](C(=O)O)[C@H]21. The van der Waals surface area contributed by atoms with E-state index in [4.69, 9.17) is 21.1 Å². The molecule has 1 amide bonds. The van der Waals surface area contributed by atoms with E-state index in [1.54, 1.807) is 0 Å². The van der Waals surface area contributed by atoms with Crippen LogP contribution < -0.4 is 11.1 Å². The van der Waals surface area contributed by atoms with Gasteiger partial charge in [-0.05, 0) is 18.8 Å². The number of carboxylic acid groups (broad SMARTS) is 2. The molecule has 6 N–H and O–H groups in total. The number of amides is 1. The van der Waals surface area contributed by atoms with Crippen molar-refractivity contribution in [2.45, 2.75) is 24.4 Å². The minimum absolute atomic E-state index is 0.106. The minimum Gasteiger partial charge on any atom is -0.481 e. The third kappa shape index (κ3) is 2.06. The van der Waals surface area contributed by atoms with Crippen molar-refractivity contribution in [1.82, 2.24) is 5.32 Å². The highest BCUT2D eigenvalue weighted by Gasteiger charge is 2.69. The Kier molecular flexibility index (Phi) is 3.23. The quantitative estimate of drug-likeness (QED) is 0.388. The molecule has 0 aliphatic heterocycles. The highest BCUT2D eigenvalue weighted by atomic mass is 16.4. The molecule has 2 saturated carbocycles. The molecule has 0 bridgehead atoms. The number of hydrogen-bond acceptors (Lipinski definition) is 5. The zero-order valence-corrected chi connectivity index (χ0v) is 10.1. The van der Waals surface area contributed by atoms with Gasteiger partial charge in [-0.1, -0.05) is 0 Å². The molecule has 19 heavy (non-hydrogen) atoms. The Balaban J connectivity index is 2.07. The van der Waals surface area contributed by atoms with Crippen LogP contribution in [0.2, 0.25) is 0 Å². The number of carbonyl (C=O) groups excluding carboxylic acids is 1. The van der Waals surface area contributed by atoms with Gasteiger partial charge in [0.25, 0.3) is 0 Å². The number of hydrogen-bond donors (Lipinski definition) is 5. The van der Waals surface area contributed by atoms with Crippen molar-refractivity contribution in [2.24, 2.45) is 23.5 Å². The Hall–Kier alpha value is -1.67. The van der Waals surface area contributed by atoms with Crippen LogP contribution in [0.3, 0.4) is 0 Å². The van der Waals surface area contributed by atoms with Crippen LogP contribution in [-0.2, 0) is 14.4 Å². The summed E-state index contributed by atoms with van der Waals surface area (Å²) in [6, 6.07) is -1.42. The molecule has 1 unspecified atom stereocenters. The predicted octanol–water partition coefficient (Wildman–Crippen LogP) is -2.01. The monoisotopic (exact) mass is 272 g/mol. The zero-order chi connectivity index (χ0) is 14.4. The first-order chi connectivity index (χ1) is 8.82. The van der Waals surface area contributed by atoms with Crippen LogP contribution in [0.4, 0.5) is 0 Å². The summed E-state index contributed by atoms with van der Waals surface area (Å²) in [5, 5.41) is 28.7. The lowest BCUT2D eigenvalue weighted by atomic mass is 9.90. The molecule has 0 heterocycles. The largest absolute Gasteiger partial charge is 0.481 e. The summed E-state index contributed by atoms with van der Waals surface area (Å²) in [5.41, 5.74) is 4.62. The molecule has 2 aliphatic carbocycles. The molecule has 2 fully saturated rings. The van der Waals surface area contributed by atoms with Crippen LogP contribution in [0.1, 0.15) is 12.8 Å². The third-order valence-electron chi connectivity index (χ3n) is 4.15. The molecule has 8 heteroatoms. The Labute approximate surface area is 108 Å². The number of nitrogens with two attached hydrogens (primary N) is 1. The maximum Gasteiger partial charge on any atom is 0.328 e. The van der Waals surface area contributed by atoms with Crippen molar-refractivity contribution in [1.29, 1.82) is 0 Å². The van der Waals surface area contributed by atoms with E-state index in [2.05, 4.69) is 5.32 Å². The van der Waals surface area contributed by atoms with Crippen molar-refractivity contribution < 1.29 is 29.7 Å². The maximum absolute atomic E-state index is 12.0. The van der Waals surface area contributed by atoms with Gasteiger partial charge in [-0.15, -0.1) is 0 Å². The van der Waals surface area contributed by atoms with E-state index in [1.807, 2.05) is 0 Å². The molecule has 8 nitrogen and oxygen atoms in total. The van der Waals surface area contributed by atoms with Crippen LogP contribution >= 0.6 is 0 Å². The number of carbonyl (C=O) groups is 3. The average Bonchev–Trinajstić information content (AvgIpc) is 2.99. The third-order valence-corrected chi connectivity index (χ3v) is 4.15. The molecule has 2 aliphatic rings. The highest BCUT2D eigenvalue weighted by molar-refractivity contribution is 5.92. The standard InChI is InChI=1S/C11H16N2O6/c12-11(10(19)13-5(3-14)8(15)16)2-1-4-6(7(4)11)9(17)18/h4-7,14H,1-3,12H2,(H,13,19)(H,15,16)(H,17,18)/t4-,5?,6-,7-,11-/m0/s1. The van der Waals surface area contributed by atoms with Crippen molar-refractivity contribution in [3.63, 3.8) is 0 Å².